The number of aliphatic hydroxyl groups is 5. The van der Waals surface area contributed by atoms with Gasteiger partial charge in [0.1, 0.15) is 24.2 Å². The Morgan fingerprint density at radius 2 is 1.78 bits per heavy atom. The van der Waals surface area contributed by atoms with Gasteiger partial charge in [-0.25, -0.2) is 0 Å². The maximum Gasteiger partial charge on any atom is 0.311 e. The van der Waals surface area contributed by atoms with Crippen LogP contribution in [0, 0.1) is 5.92 Å². The fourth-order valence-electron chi connectivity index (χ4n) is 5.48. The van der Waals surface area contributed by atoms with E-state index < -0.39 is 79.2 Å². The number of allylic oxidation sites excluding steroid dienone is 5. The molecular weight excluding hydrogens is 602 g/mol. The molecule has 0 amide bonds. The third-order valence-electron chi connectivity index (χ3n) is 8.00. The molecule has 0 spiro atoms. The van der Waals surface area contributed by atoms with Crippen molar-refractivity contribution in [2.24, 2.45) is 11.7 Å². The maximum absolute atomic E-state index is 12.2. The topological polar surface area (TPSA) is 218 Å². The molecule has 3 unspecified atom stereocenters. The van der Waals surface area contributed by atoms with E-state index in [4.69, 9.17) is 24.7 Å². The van der Waals surface area contributed by atoms with Crippen LogP contribution >= 0.6 is 0 Å². The molecule has 0 aromatic heterocycles. The second-order valence-corrected chi connectivity index (χ2v) is 12.0. The standard InChI is InChI=1S/C33H53NO12/c1-5-7-10-15-23(45-32-30(39)29(38)28(34)21(4)44-32)17-25-27(31(40)41)24(36)19-33(42,46-25)18-22(35)14-11-9-12-16-26(37)43-20(3)13-8-6-2/h5-11,15,20-25,27-30,32,35-36,38-39,42H,12-14,16-19,34H2,1-4H3,(H,40,41)/b7-5+,8-6+,11-9+,15-10+/t20-,21?,22+,23+,24+,25+,27-,28-,29?,30?,32+,33-/m1/s1. The number of carbonyl (C=O) groups excluding carboxylic acids is 1. The number of hydrogen-bond acceptors (Lipinski definition) is 12. The van der Waals surface area contributed by atoms with Crippen molar-refractivity contribution in [2.75, 3.05) is 0 Å². The van der Waals surface area contributed by atoms with Crippen molar-refractivity contribution in [2.45, 2.75) is 140 Å². The molecule has 0 radical (unpaired) electrons. The lowest BCUT2D eigenvalue weighted by Crippen LogP contribution is -2.61. The monoisotopic (exact) mass is 655 g/mol. The Bertz CT molecular complexity index is 1060. The summed E-state index contributed by atoms with van der Waals surface area (Å²) < 4.78 is 22.8. The van der Waals surface area contributed by atoms with Gasteiger partial charge in [0.2, 0.25) is 0 Å². The van der Waals surface area contributed by atoms with Gasteiger partial charge in [-0.3, -0.25) is 9.59 Å². The van der Waals surface area contributed by atoms with Crippen molar-refractivity contribution in [1.29, 1.82) is 0 Å². The highest BCUT2D eigenvalue weighted by molar-refractivity contribution is 5.71. The van der Waals surface area contributed by atoms with E-state index in [1.54, 1.807) is 50.3 Å². The van der Waals surface area contributed by atoms with Gasteiger partial charge in [-0.1, -0.05) is 48.6 Å². The Balaban J connectivity index is 2.07. The van der Waals surface area contributed by atoms with Gasteiger partial charge < -0.3 is 55.3 Å². The zero-order valence-corrected chi connectivity index (χ0v) is 27.1. The van der Waals surface area contributed by atoms with E-state index in [0.29, 0.717) is 12.8 Å². The van der Waals surface area contributed by atoms with E-state index in [-0.39, 0.29) is 37.8 Å². The van der Waals surface area contributed by atoms with Crippen LogP contribution < -0.4 is 5.73 Å². The van der Waals surface area contributed by atoms with Crippen molar-refractivity contribution in [1.82, 2.24) is 0 Å². The molecule has 0 aromatic carbocycles. The van der Waals surface area contributed by atoms with Gasteiger partial charge in [-0.05, 0) is 40.5 Å². The predicted molar refractivity (Wildman–Crippen MR) is 168 cm³/mol. The molecule has 0 aromatic rings. The minimum atomic E-state index is -2.06. The van der Waals surface area contributed by atoms with Gasteiger partial charge >= 0.3 is 11.9 Å². The lowest BCUT2D eigenvalue weighted by Gasteiger charge is -2.45. The van der Waals surface area contributed by atoms with Crippen molar-refractivity contribution < 1.29 is 59.2 Å². The number of hydrogen-bond donors (Lipinski definition) is 7. The zero-order valence-electron chi connectivity index (χ0n) is 27.1. The lowest BCUT2D eigenvalue weighted by molar-refractivity contribution is -0.308. The third-order valence-corrected chi connectivity index (χ3v) is 8.00. The van der Waals surface area contributed by atoms with Crippen molar-refractivity contribution in [3.8, 4) is 0 Å². The molecule has 0 bridgehead atoms. The number of aliphatic hydroxyl groups excluding tert-OH is 4. The van der Waals surface area contributed by atoms with Crippen molar-refractivity contribution >= 4 is 11.9 Å². The van der Waals surface area contributed by atoms with Crippen LogP contribution in [0.15, 0.2) is 48.6 Å². The normalized spacial score (nSPS) is 34.4. The van der Waals surface area contributed by atoms with Crippen LogP contribution in [0.5, 0.6) is 0 Å². The van der Waals surface area contributed by atoms with Crippen LogP contribution in [0.4, 0.5) is 0 Å². The molecule has 0 aliphatic carbocycles. The van der Waals surface area contributed by atoms with E-state index in [2.05, 4.69) is 0 Å². The molecule has 13 nitrogen and oxygen atoms in total. The summed E-state index contributed by atoms with van der Waals surface area (Å²) in [6.07, 6.45) is 4.32. The van der Waals surface area contributed by atoms with Gasteiger partial charge in [0.05, 0.1) is 36.6 Å². The minimum absolute atomic E-state index is 0.110. The molecule has 12 atom stereocenters. The molecule has 2 fully saturated rings. The Morgan fingerprint density at radius 3 is 2.43 bits per heavy atom. The molecule has 2 heterocycles. The number of esters is 1. The SMILES string of the molecule is C/C=C/C=C/[C@@H](C[C@@H]1O[C@](O)(C[C@@H](O)C/C=C/CCC(=O)O[C@H](C)C/C=C/C)C[C@H](O)[C@H]1C(=O)O)O[C@@H]1OC(C)[C@@H](N)C(O)C1O. The smallest absolute Gasteiger partial charge is 0.311 e. The second-order valence-electron chi connectivity index (χ2n) is 12.0. The number of carboxylic acid groups (broad SMARTS) is 1. The fourth-order valence-corrected chi connectivity index (χ4v) is 5.48. The average molecular weight is 656 g/mol. The molecule has 13 heteroatoms. The fraction of sp³-hybridized carbons (Fsp3) is 0.697. The molecule has 2 aliphatic rings. The van der Waals surface area contributed by atoms with Gasteiger partial charge in [-0.15, -0.1) is 0 Å². The molecule has 2 rings (SSSR count). The molecule has 46 heavy (non-hydrogen) atoms. The summed E-state index contributed by atoms with van der Waals surface area (Å²) in [5, 5.41) is 63.5. The highest BCUT2D eigenvalue weighted by Crippen LogP contribution is 2.38. The minimum Gasteiger partial charge on any atom is -0.481 e. The van der Waals surface area contributed by atoms with E-state index in [1.165, 1.54) is 0 Å². The Hall–Kier alpha value is -2.46. The van der Waals surface area contributed by atoms with Crippen LogP contribution in [-0.2, 0) is 28.5 Å². The summed E-state index contributed by atoms with van der Waals surface area (Å²) in [4.78, 5) is 24.2. The second kappa shape index (κ2) is 19.4. The molecule has 8 N–H and O–H groups in total. The third kappa shape index (κ3) is 12.6. The van der Waals surface area contributed by atoms with E-state index >= 15 is 0 Å². The van der Waals surface area contributed by atoms with Crippen LogP contribution in [-0.4, -0.2) is 110 Å². The van der Waals surface area contributed by atoms with Gasteiger partial charge in [0.15, 0.2) is 12.1 Å². The first-order valence-electron chi connectivity index (χ1n) is 15.9. The summed E-state index contributed by atoms with van der Waals surface area (Å²) in [6.45, 7) is 7.11. The number of aliphatic carboxylic acids is 1. The number of carbonyl (C=O) groups is 2. The first-order valence-corrected chi connectivity index (χ1v) is 15.9. The molecular formula is C33H53NO12. The number of nitrogens with two attached hydrogens (primary N) is 1. The van der Waals surface area contributed by atoms with Crippen molar-refractivity contribution in [3.05, 3.63) is 48.6 Å². The van der Waals surface area contributed by atoms with Crippen LogP contribution in [0.2, 0.25) is 0 Å². The van der Waals surface area contributed by atoms with Crippen LogP contribution in [0.1, 0.15) is 72.6 Å². The van der Waals surface area contributed by atoms with E-state index in [0.717, 1.165) is 0 Å². The average Bonchev–Trinajstić information content (AvgIpc) is 2.96. The summed E-state index contributed by atoms with van der Waals surface area (Å²) in [7, 11) is 0. The quantitative estimate of drug-likeness (QED) is 0.0674. The van der Waals surface area contributed by atoms with E-state index in [1.807, 2.05) is 26.0 Å². The van der Waals surface area contributed by atoms with Crippen molar-refractivity contribution in [3.63, 3.8) is 0 Å². The predicted octanol–water partition coefficient (Wildman–Crippen LogP) is 1.60. The summed E-state index contributed by atoms with van der Waals surface area (Å²) >= 11 is 0. The highest BCUT2D eigenvalue weighted by Gasteiger charge is 2.50. The molecule has 0 saturated carbocycles. The number of carboxylic acids is 1. The lowest BCUT2D eigenvalue weighted by atomic mass is 9.83. The maximum atomic E-state index is 12.2. The van der Waals surface area contributed by atoms with Crippen LogP contribution in [0.25, 0.3) is 0 Å². The highest BCUT2D eigenvalue weighted by atomic mass is 16.7. The molecule has 2 aliphatic heterocycles. The first-order chi connectivity index (χ1) is 21.7. The largest absolute Gasteiger partial charge is 0.481 e. The Kier molecular flexibility index (Phi) is 16.7. The van der Waals surface area contributed by atoms with Gasteiger partial charge in [0, 0.05) is 32.1 Å². The molecule has 262 valence electrons. The molecule has 2 saturated heterocycles. The Morgan fingerprint density at radius 1 is 1.07 bits per heavy atom. The van der Waals surface area contributed by atoms with E-state index in [9.17, 15) is 40.2 Å². The summed E-state index contributed by atoms with van der Waals surface area (Å²) in [5.41, 5.74) is 5.88. The van der Waals surface area contributed by atoms with Gasteiger partial charge in [-0.2, -0.15) is 0 Å². The number of ether oxygens (including phenoxy) is 4. The number of rotatable bonds is 17. The summed E-state index contributed by atoms with van der Waals surface area (Å²) in [5.74, 6) is -5.18. The van der Waals surface area contributed by atoms with Gasteiger partial charge in [0.25, 0.3) is 0 Å². The first kappa shape index (κ1) is 39.7. The summed E-state index contributed by atoms with van der Waals surface area (Å²) in [6, 6.07) is -0.852. The van der Waals surface area contributed by atoms with Crippen LogP contribution in [0.3, 0.4) is 0 Å². The Labute approximate surface area is 271 Å². The zero-order chi connectivity index (χ0) is 34.4.